The lowest BCUT2D eigenvalue weighted by Gasteiger charge is -2.38. The van der Waals surface area contributed by atoms with Crippen LogP contribution in [0.2, 0.25) is 5.02 Å². The van der Waals surface area contributed by atoms with Crippen molar-refractivity contribution in [3.8, 4) is 5.88 Å². The van der Waals surface area contributed by atoms with Gasteiger partial charge in [0.05, 0.1) is 10.7 Å². The number of halogens is 1. The second-order valence-corrected chi connectivity index (χ2v) is 7.41. The number of ether oxygens (including phenoxy) is 1. The number of nitrogens with zero attached hydrogens (tertiary/aromatic N) is 1. The highest BCUT2D eigenvalue weighted by molar-refractivity contribution is 6.31. The summed E-state index contributed by atoms with van der Waals surface area (Å²) in [6.07, 6.45) is 3.94. The molecule has 0 aliphatic heterocycles. The van der Waals surface area contributed by atoms with Crippen LogP contribution < -0.4 is 10.5 Å². The third-order valence-corrected chi connectivity index (χ3v) is 6.41. The fourth-order valence-electron chi connectivity index (χ4n) is 4.13. The molecule has 2 saturated carbocycles. The Morgan fingerprint density at radius 2 is 2.15 bits per heavy atom. The Labute approximate surface area is 125 Å². The van der Waals surface area contributed by atoms with Gasteiger partial charge >= 0.3 is 0 Å². The summed E-state index contributed by atoms with van der Waals surface area (Å²) in [4.78, 5) is 4.44. The van der Waals surface area contributed by atoms with Crippen LogP contribution in [0, 0.1) is 16.7 Å². The van der Waals surface area contributed by atoms with Gasteiger partial charge in [0.1, 0.15) is 6.10 Å². The maximum atomic E-state index is 6.22. The van der Waals surface area contributed by atoms with E-state index in [0.29, 0.717) is 28.6 Å². The van der Waals surface area contributed by atoms with E-state index in [1.165, 1.54) is 12.8 Å². The predicted octanol–water partition coefficient (Wildman–Crippen LogP) is 3.79. The van der Waals surface area contributed by atoms with Crippen molar-refractivity contribution in [1.82, 2.24) is 4.98 Å². The zero-order valence-electron chi connectivity index (χ0n) is 12.4. The summed E-state index contributed by atoms with van der Waals surface area (Å²) < 4.78 is 6.22. The van der Waals surface area contributed by atoms with Gasteiger partial charge in [0.15, 0.2) is 0 Å². The van der Waals surface area contributed by atoms with E-state index in [0.717, 1.165) is 12.3 Å². The van der Waals surface area contributed by atoms with E-state index in [4.69, 9.17) is 22.1 Å². The molecule has 0 spiro atoms. The second-order valence-electron chi connectivity index (χ2n) is 7.00. The molecule has 4 heteroatoms. The summed E-state index contributed by atoms with van der Waals surface area (Å²) in [5, 5.41) is 0.610. The minimum Gasteiger partial charge on any atom is -0.474 e. The maximum Gasteiger partial charge on any atom is 0.213 e. The molecule has 3 unspecified atom stereocenters. The minimum atomic E-state index is 0.238. The molecule has 0 aromatic carbocycles. The molecule has 2 fully saturated rings. The molecule has 1 aromatic rings. The Balaban J connectivity index is 1.83. The topological polar surface area (TPSA) is 48.1 Å². The van der Waals surface area contributed by atoms with Crippen LogP contribution >= 0.6 is 11.6 Å². The highest BCUT2D eigenvalue weighted by Crippen LogP contribution is 2.66. The minimum absolute atomic E-state index is 0.238. The van der Waals surface area contributed by atoms with E-state index in [-0.39, 0.29) is 11.5 Å². The molecular formula is C16H23ClN2O. The lowest BCUT2D eigenvalue weighted by Crippen LogP contribution is -2.39. The zero-order valence-corrected chi connectivity index (χ0v) is 13.2. The lowest BCUT2D eigenvalue weighted by atomic mass is 9.70. The van der Waals surface area contributed by atoms with Gasteiger partial charge in [0.2, 0.25) is 5.88 Å². The number of aromatic nitrogens is 1. The average molecular weight is 295 g/mol. The first kappa shape index (κ1) is 14.2. The molecule has 2 N–H and O–H groups in total. The summed E-state index contributed by atoms with van der Waals surface area (Å²) in [7, 11) is 0. The fraction of sp³-hybridized carbons (Fsp3) is 0.688. The third kappa shape index (κ3) is 1.86. The van der Waals surface area contributed by atoms with E-state index in [9.17, 15) is 0 Å². The van der Waals surface area contributed by atoms with Crippen LogP contribution in [0.5, 0.6) is 5.88 Å². The van der Waals surface area contributed by atoms with Crippen molar-refractivity contribution >= 4 is 11.6 Å². The first-order valence-corrected chi connectivity index (χ1v) is 7.78. The molecule has 3 atom stereocenters. The molecule has 2 bridgehead atoms. The van der Waals surface area contributed by atoms with Crippen LogP contribution in [0.1, 0.15) is 45.7 Å². The molecule has 0 radical (unpaired) electrons. The Hall–Kier alpha value is -0.800. The van der Waals surface area contributed by atoms with Crippen molar-refractivity contribution in [1.29, 1.82) is 0 Å². The van der Waals surface area contributed by atoms with Crippen LogP contribution in [-0.4, -0.2) is 11.1 Å². The molecule has 0 amide bonds. The molecule has 20 heavy (non-hydrogen) atoms. The first-order valence-electron chi connectivity index (χ1n) is 7.40. The van der Waals surface area contributed by atoms with Gasteiger partial charge in [-0.2, -0.15) is 0 Å². The van der Waals surface area contributed by atoms with Crippen LogP contribution in [0.4, 0.5) is 0 Å². The molecule has 2 aliphatic rings. The molecule has 1 aromatic heterocycles. The van der Waals surface area contributed by atoms with Gasteiger partial charge in [-0.15, -0.1) is 0 Å². The van der Waals surface area contributed by atoms with E-state index < -0.39 is 0 Å². The summed E-state index contributed by atoms with van der Waals surface area (Å²) in [6, 6.07) is 3.68. The van der Waals surface area contributed by atoms with Gasteiger partial charge in [-0.3, -0.25) is 0 Å². The zero-order chi connectivity index (χ0) is 14.5. The second kappa shape index (κ2) is 4.60. The summed E-state index contributed by atoms with van der Waals surface area (Å²) >= 11 is 6.05. The monoisotopic (exact) mass is 294 g/mol. The third-order valence-electron chi connectivity index (χ3n) is 6.06. The highest BCUT2D eigenvalue weighted by atomic mass is 35.5. The fourth-order valence-corrected chi connectivity index (χ4v) is 4.31. The van der Waals surface area contributed by atoms with Crippen LogP contribution in [0.15, 0.2) is 12.1 Å². The molecule has 110 valence electrons. The Morgan fingerprint density at radius 3 is 2.70 bits per heavy atom. The van der Waals surface area contributed by atoms with Crippen molar-refractivity contribution in [3.05, 3.63) is 22.8 Å². The van der Waals surface area contributed by atoms with E-state index in [1.54, 1.807) is 0 Å². The van der Waals surface area contributed by atoms with Gasteiger partial charge in [0, 0.05) is 18.0 Å². The van der Waals surface area contributed by atoms with Gasteiger partial charge in [-0.1, -0.05) is 32.4 Å². The molecule has 3 rings (SSSR count). The normalized spacial score (nSPS) is 34.5. The number of hydrogen-bond donors (Lipinski definition) is 1. The van der Waals surface area contributed by atoms with Crippen molar-refractivity contribution in [2.75, 3.05) is 0 Å². The smallest absolute Gasteiger partial charge is 0.213 e. The van der Waals surface area contributed by atoms with Crippen molar-refractivity contribution in [2.45, 2.75) is 52.7 Å². The van der Waals surface area contributed by atoms with Crippen LogP contribution in [-0.2, 0) is 6.54 Å². The van der Waals surface area contributed by atoms with Gasteiger partial charge in [-0.05, 0) is 36.7 Å². The molecule has 2 aliphatic carbocycles. The highest BCUT2D eigenvalue weighted by Gasteiger charge is 2.62. The average Bonchev–Trinajstić information content (AvgIpc) is 2.74. The van der Waals surface area contributed by atoms with E-state index in [2.05, 4.69) is 25.8 Å². The number of rotatable bonds is 3. The largest absolute Gasteiger partial charge is 0.474 e. The molecule has 1 heterocycles. The van der Waals surface area contributed by atoms with Gasteiger partial charge < -0.3 is 10.5 Å². The molecule has 0 saturated heterocycles. The Morgan fingerprint density at radius 1 is 1.40 bits per heavy atom. The number of pyridine rings is 1. The van der Waals surface area contributed by atoms with Gasteiger partial charge in [-0.25, -0.2) is 4.98 Å². The quantitative estimate of drug-likeness (QED) is 0.923. The van der Waals surface area contributed by atoms with Crippen molar-refractivity contribution in [2.24, 2.45) is 22.5 Å². The number of fused-ring (bicyclic) bond motifs is 2. The Kier molecular flexibility index (Phi) is 3.26. The lowest BCUT2D eigenvalue weighted by molar-refractivity contribution is 0.0272. The van der Waals surface area contributed by atoms with E-state index in [1.807, 2.05) is 12.1 Å². The van der Waals surface area contributed by atoms with E-state index >= 15 is 0 Å². The first-order chi connectivity index (χ1) is 9.38. The van der Waals surface area contributed by atoms with Crippen LogP contribution in [0.3, 0.4) is 0 Å². The van der Waals surface area contributed by atoms with Gasteiger partial charge in [0.25, 0.3) is 0 Å². The number of hydrogen-bond acceptors (Lipinski definition) is 3. The van der Waals surface area contributed by atoms with Crippen LogP contribution in [0.25, 0.3) is 0 Å². The van der Waals surface area contributed by atoms with Crippen molar-refractivity contribution < 1.29 is 4.74 Å². The summed E-state index contributed by atoms with van der Waals surface area (Å²) in [5.74, 6) is 1.42. The number of nitrogens with two attached hydrogens (primary N) is 1. The summed E-state index contributed by atoms with van der Waals surface area (Å²) in [6.45, 7) is 7.47. The Bertz CT molecular complexity index is 531. The molecule has 3 nitrogen and oxygen atoms in total. The maximum absolute atomic E-state index is 6.22. The standard InChI is InChI=1S/C16H23ClN2O/c1-15(2)10-6-7-16(15,3)13(8-10)20-14-5-4-11(17)12(9-18)19-14/h4-5,10,13H,6-9,18H2,1-3H3. The molecular weight excluding hydrogens is 272 g/mol. The predicted molar refractivity (Wildman–Crippen MR) is 80.8 cm³/mol. The SMILES string of the molecule is CC1(C)C2CCC1(C)C(Oc1ccc(Cl)c(CN)n1)C2. The van der Waals surface area contributed by atoms with Crippen molar-refractivity contribution in [3.63, 3.8) is 0 Å². The summed E-state index contributed by atoms with van der Waals surface area (Å²) in [5.41, 5.74) is 6.95.